The molecule has 5 heteroatoms. The van der Waals surface area contributed by atoms with Crippen LogP contribution in [0.4, 0.5) is 17.1 Å². The molecule has 0 amide bonds. The third-order valence-corrected chi connectivity index (χ3v) is 6.68. The number of anilines is 2. The summed E-state index contributed by atoms with van der Waals surface area (Å²) >= 11 is 0. The second kappa shape index (κ2) is 8.07. The van der Waals surface area contributed by atoms with E-state index in [9.17, 15) is 4.79 Å². The second-order valence-electron chi connectivity index (χ2n) is 9.15. The van der Waals surface area contributed by atoms with Gasteiger partial charge in [-0.1, -0.05) is 53.1 Å². The first-order chi connectivity index (χ1) is 15.9. The molecule has 1 saturated heterocycles. The highest BCUT2D eigenvalue weighted by Crippen LogP contribution is 2.54. The highest BCUT2D eigenvalue weighted by atomic mass is 16.5. The molecule has 2 fully saturated rings. The van der Waals surface area contributed by atoms with E-state index in [1.165, 1.54) is 23.8 Å². The zero-order chi connectivity index (χ0) is 23.2. The van der Waals surface area contributed by atoms with Crippen LogP contribution in [0.1, 0.15) is 29.5 Å². The summed E-state index contributed by atoms with van der Waals surface area (Å²) in [6, 6.07) is 24.4. The molecule has 168 valence electrons. The van der Waals surface area contributed by atoms with Crippen LogP contribution >= 0.6 is 0 Å². The predicted molar refractivity (Wildman–Crippen MR) is 133 cm³/mol. The summed E-state index contributed by atoms with van der Waals surface area (Å²) in [7, 11) is 1.47. The van der Waals surface area contributed by atoms with Crippen molar-refractivity contribution >= 4 is 29.0 Å². The minimum absolute atomic E-state index is 0.237. The summed E-state index contributed by atoms with van der Waals surface area (Å²) in [5.41, 5.74) is 5.99. The average Bonchev–Trinajstić information content (AvgIpc) is 3.55. The number of rotatable bonds is 4. The molecular formula is C28H29N3O2. The van der Waals surface area contributed by atoms with Crippen LogP contribution in [0.2, 0.25) is 0 Å². The first-order valence-corrected chi connectivity index (χ1v) is 11.4. The zero-order valence-electron chi connectivity index (χ0n) is 19.6. The largest absolute Gasteiger partial charge is 0.467 e. The molecule has 1 atom stereocenters. The number of ether oxygens (including phenoxy) is 1. The number of hydrogen-bond donors (Lipinski definition) is 0. The van der Waals surface area contributed by atoms with E-state index in [1.807, 2.05) is 12.1 Å². The summed E-state index contributed by atoms with van der Waals surface area (Å²) in [5, 5.41) is 0. The molecule has 0 unspecified atom stereocenters. The quantitative estimate of drug-likeness (QED) is 0.489. The average molecular weight is 440 g/mol. The highest BCUT2D eigenvalue weighted by molar-refractivity contribution is 6.17. The second-order valence-corrected chi connectivity index (χ2v) is 9.15. The predicted octanol–water partition coefficient (Wildman–Crippen LogP) is 5.70. The van der Waals surface area contributed by atoms with Crippen molar-refractivity contribution in [3.8, 4) is 0 Å². The maximum atomic E-state index is 13.2. The summed E-state index contributed by atoms with van der Waals surface area (Å²) < 4.78 is 5.34. The van der Waals surface area contributed by atoms with Crippen LogP contribution in [-0.2, 0) is 9.53 Å². The summed E-state index contributed by atoms with van der Waals surface area (Å²) in [4.78, 5) is 22.7. The third-order valence-electron chi connectivity index (χ3n) is 6.68. The smallest absolute Gasteiger partial charge is 0.331 e. The van der Waals surface area contributed by atoms with E-state index in [0.29, 0.717) is 0 Å². The van der Waals surface area contributed by atoms with Gasteiger partial charge in [-0.3, -0.25) is 4.90 Å². The Morgan fingerprint density at radius 1 is 0.818 bits per heavy atom. The number of esters is 1. The first-order valence-electron chi connectivity index (χ1n) is 11.4. The van der Waals surface area contributed by atoms with Gasteiger partial charge in [-0.05, 0) is 70.0 Å². The lowest BCUT2D eigenvalue weighted by atomic mass is 10.0. The van der Waals surface area contributed by atoms with Crippen LogP contribution in [0.15, 0.2) is 77.8 Å². The fourth-order valence-electron chi connectivity index (χ4n) is 4.72. The number of benzene rings is 3. The van der Waals surface area contributed by atoms with Crippen molar-refractivity contribution < 1.29 is 9.53 Å². The third kappa shape index (κ3) is 3.67. The molecule has 33 heavy (non-hydrogen) atoms. The van der Waals surface area contributed by atoms with Gasteiger partial charge in [-0.25, -0.2) is 9.79 Å². The van der Waals surface area contributed by atoms with E-state index in [2.05, 4.69) is 91.2 Å². The number of methoxy groups -OCH3 is 1. The Morgan fingerprint density at radius 3 is 1.79 bits per heavy atom. The number of guanidine groups is 1. The van der Waals surface area contributed by atoms with Gasteiger partial charge < -0.3 is 9.64 Å². The van der Waals surface area contributed by atoms with Crippen LogP contribution in [-0.4, -0.2) is 30.6 Å². The molecule has 3 aromatic rings. The van der Waals surface area contributed by atoms with Gasteiger partial charge in [-0.2, -0.15) is 0 Å². The van der Waals surface area contributed by atoms with Crippen LogP contribution in [0.3, 0.4) is 0 Å². The summed E-state index contributed by atoms with van der Waals surface area (Å²) in [6.07, 6.45) is 1.80. The lowest BCUT2D eigenvalue weighted by molar-refractivity contribution is -0.142. The number of nitrogens with zero attached hydrogens (tertiary/aromatic N) is 3. The monoisotopic (exact) mass is 439 g/mol. The lowest BCUT2D eigenvalue weighted by Crippen LogP contribution is -2.46. The molecule has 1 saturated carbocycles. The molecule has 0 radical (unpaired) electrons. The van der Waals surface area contributed by atoms with Crippen molar-refractivity contribution in [2.45, 2.75) is 45.2 Å². The molecular weight excluding hydrogens is 410 g/mol. The molecule has 1 aliphatic heterocycles. The Kier molecular flexibility index (Phi) is 5.20. The maximum absolute atomic E-state index is 13.2. The molecule has 0 aromatic heterocycles. The van der Waals surface area contributed by atoms with Gasteiger partial charge in [0.15, 0.2) is 6.04 Å². The number of hydrogen-bond acceptors (Lipinski definition) is 3. The number of aryl methyl sites for hydroxylation is 3. The molecule has 1 aliphatic carbocycles. The summed E-state index contributed by atoms with van der Waals surface area (Å²) in [6.45, 7) is 6.21. The Morgan fingerprint density at radius 2 is 1.30 bits per heavy atom. The van der Waals surface area contributed by atoms with Crippen molar-refractivity contribution in [3.05, 3.63) is 89.5 Å². The highest BCUT2D eigenvalue weighted by Gasteiger charge is 2.67. The van der Waals surface area contributed by atoms with E-state index in [1.54, 1.807) is 0 Å². The normalized spacial score (nSPS) is 19.9. The minimum Gasteiger partial charge on any atom is -0.467 e. The van der Waals surface area contributed by atoms with E-state index in [-0.39, 0.29) is 11.5 Å². The molecule has 1 heterocycles. The van der Waals surface area contributed by atoms with Crippen LogP contribution < -0.4 is 9.80 Å². The van der Waals surface area contributed by atoms with Gasteiger partial charge in [0, 0.05) is 11.4 Å². The SMILES string of the molecule is COC(=O)[C@H]1N(c2ccc(C)cc2)C(=Nc2ccc(C)cc2)N(c2ccc(C)cc2)C12CC2. The molecule has 2 aliphatic rings. The van der Waals surface area contributed by atoms with Crippen molar-refractivity contribution in [2.75, 3.05) is 16.9 Å². The summed E-state index contributed by atoms with van der Waals surface area (Å²) in [5.74, 6) is 0.513. The Balaban J connectivity index is 1.74. The first kappa shape index (κ1) is 21.3. The van der Waals surface area contributed by atoms with Crippen molar-refractivity contribution in [2.24, 2.45) is 4.99 Å². The van der Waals surface area contributed by atoms with E-state index in [0.717, 1.165) is 35.9 Å². The van der Waals surface area contributed by atoms with Gasteiger partial charge in [-0.15, -0.1) is 0 Å². The number of carbonyl (C=O) groups excluding carboxylic acids is 1. The fourth-order valence-corrected chi connectivity index (χ4v) is 4.72. The molecule has 5 nitrogen and oxygen atoms in total. The number of aliphatic imine (C=N–C) groups is 1. The van der Waals surface area contributed by atoms with Crippen LogP contribution in [0, 0.1) is 20.8 Å². The van der Waals surface area contributed by atoms with Gasteiger partial charge in [0.1, 0.15) is 0 Å². The standard InChI is InChI=1S/C28H29N3O2/c1-19-5-11-22(12-6-19)29-27-30(23-13-7-20(2)8-14-23)25(26(32)33-4)28(17-18-28)31(27)24-15-9-21(3)10-16-24/h5-16,25H,17-18H2,1-4H3/t25-/m1/s1. The maximum Gasteiger partial charge on any atom is 0.331 e. The van der Waals surface area contributed by atoms with Gasteiger partial charge >= 0.3 is 5.97 Å². The Labute approximate surface area is 195 Å². The Bertz CT molecular complexity index is 1190. The topological polar surface area (TPSA) is 45.1 Å². The van der Waals surface area contributed by atoms with Crippen molar-refractivity contribution in [3.63, 3.8) is 0 Å². The van der Waals surface area contributed by atoms with E-state index >= 15 is 0 Å². The van der Waals surface area contributed by atoms with E-state index in [4.69, 9.17) is 9.73 Å². The van der Waals surface area contributed by atoms with Crippen LogP contribution in [0.25, 0.3) is 0 Å². The van der Waals surface area contributed by atoms with Crippen molar-refractivity contribution in [1.82, 2.24) is 0 Å². The lowest BCUT2D eigenvalue weighted by Gasteiger charge is -2.26. The molecule has 0 bridgehead atoms. The van der Waals surface area contributed by atoms with Crippen LogP contribution in [0.5, 0.6) is 0 Å². The zero-order valence-corrected chi connectivity index (χ0v) is 19.6. The van der Waals surface area contributed by atoms with Gasteiger partial charge in [0.2, 0.25) is 5.96 Å². The minimum atomic E-state index is -0.476. The Hall–Kier alpha value is -3.60. The molecule has 3 aromatic carbocycles. The number of carbonyl (C=O) groups is 1. The molecule has 1 spiro atoms. The van der Waals surface area contributed by atoms with Crippen molar-refractivity contribution in [1.29, 1.82) is 0 Å². The van der Waals surface area contributed by atoms with E-state index < -0.39 is 6.04 Å². The van der Waals surface area contributed by atoms with Gasteiger partial charge in [0.25, 0.3) is 0 Å². The van der Waals surface area contributed by atoms with Gasteiger partial charge in [0.05, 0.1) is 18.3 Å². The fraction of sp³-hybridized carbons (Fsp3) is 0.286. The molecule has 5 rings (SSSR count). The molecule has 0 N–H and O–H groups in total.